The standard InChI is InChI=1S/C112H94N2O16/c115-111(129-79-93-57-107(125-75-89-49-99(117-67-81-25-9-1-10-26-81)61-100(50-89)118-68-82-27-11-2-12-28-82)65-108(58-93)126-76-90-51-101(119-69-83-29-13-3-14-30-83)62-102(52-90)120-70-84-31-15-4-16-32-84)95-41-45-97(46-42-95)113-114-98-47-43-96(44-48-98)112(116)130-80-94-59-109(127-77-91-53-103(121-71-85-33-17-5-18-34-85)63-104(54-91)122-72-86-35-19-6-20-36-86)66-110(60-94)128-78-92-55-105(123-73-87-37-21-7-22-38-87)64-106(56-92)124-74-88-39-23-8-24-40-88/h1-66H,67-80H2. The van der Waals surface area contributed by atoms with Gasteiger partial charge in [-0.3, -0.25) is 0 Å². The Hall–Kier alpha value is -16.3. The summed E-state index contributed by atoms with van der Waals surface area (Å²) in [5.41, 5.74) is 14.0. The van der Waals surface area contributed by atoms with Crippen LogP contribution in [0, 0.1) is 0 Å². The highest BCUT2D eigenvalue weighted by atomic mass is 16.5. The van der Waals surface area contributed by atoms with Gasteiger partial charge in [0.25, 0.3) is 0 Å². The molecule has 0 N–H and O–H groups in total. The predicted octanol–water partition coefficient (Wildman–Crippen LogP) is 25.8. The fraction of sp³-hybridized carbons (Fsp3) is 0.125. The minimum atomic E-state index is -0.578. The van der Waals surface area contributed by atoms with Crippen LogP contribution in [0.25, 0.3) is 0 Å². The van der Waals surface area contributed by atoms with E-state index in [-0.39, 0.29) is 50.8 Å². The maximum absolute atomic E-state index is 14.0. The number of benzene rings is 16. The van der Waals surface area contributed by atoms with E-state index in [9.17, 15) is 9.59 Å². The van der Waals surface area contributed by atoms with Gasteiger partial charge in [-0.15, -0.1) is 0 Å². The van der Waals surface area contributed by atoms with Crippen molar-refractivity contribution in [1.29, 1.82) is 0 Å². The fourth-order valence-electron chi connectivity index (χ4n) is 13.8. The quantitative estimate of drug-likeness (QED) is 0.0259. The molecular formula is C112H94N2O16. The molecule has 0 spiro atoms. The number of nitrogens with zero attached hydrogens (tertiary/aromatic N) is 2. The largest absolute Gasteiger partial charge is 0.489 e. The lowest BCUT2D eigenvalue weighted by molar-refractivity contribution is 0.0463. The van der Waals surface area contributed by atoms with E-state index in [0.29, 0.717) is 144 Å². The molecule has 0 unspecified atom stereocenters. The SMILES string of the molecule is O=C(OCc1cc(OCc2cc(OCc3ccccc3)cc(OCc3ccccc3)c2)cc(OCc2cc(OCc3ccccc3)cc(OCc3ccccc3)c2)c1)c1ccc(N=Nc2ccc(C(=O)OCc3cc(OCc4cc(OCc5ccccc5)cc(OCc5ccccc5)c4)cc(OCc4cc(OCc5ccccc5)cc(OCc5ccccc5)c4)c3)cc2)cc1. The Bertz CT molecular complexity index is 5380. The molecular weight excluding hydrogens is 1630 g/mol. The number of carbonyl (C=O) groups is 2. The van der Waals surface area contributed by atoms with Crippen molar-refractivity contribution in [1.82, 2.24) is 0 Å². The van der Waals surface area contributed by atoms with Crippen LogP contribution < -0.4 is 56.8 Å². The van der Waals surface area contributed by atoms with Gasteiger partial charge in [-0.2, -0.15) is 10.2 Å². The molecule has 0 saturated carbocycles. The zero-order chi connectivity index (χ0) is 88.4. The van der Waals surface area contributed by atoms with E-state index in [4.69, 9.17) is 66.3 Å². The summed E-state index contributed by atoms with van der Waals surface area (Å²) in [7, 11) is 0. The van der Waals surface area contributed by atoms with Crippen LogP contribution in [-0.4, -0.2) is 11.9 Å². The summed E-state index contributed by atoms with van der Waals surface area (Å²) < 4.78 is 89.3. The molecule has 18 nitrogen and oxygen atoms in total. The van der Waals surface area contributed by atoms with Gasteiger partial charge in [-0.25, -0.2) is 9.59 Å². The summed E-state index contributed by atoms with van der Waals surface area (Å²) in [6, 6.07) is 127. The molecule has 0 radical (unpaired) electrons. The molecule has 0 aliphatic carbocycles. The van der Waals surface area contributed by atoms with Crippen molar-refractivity contribution >= 4 is 23.3 Å². The van der Waals surface area contributed by atoms with Crippen LogP contribution in [0.2, 0.25) is 0 Å². The zero-order valence-corrected chi connectivity index (χ0v) is 71.4. The molecule has 18 heteroatoms. The molecule has 0 saturated heterocycles. The van der Waals surface area contributed by atoms with E-state index in [1.54, 1.807) is 60.7 Å². The van der Waals surface area contributed by atoms with Crippen LogP contribution in [0.1, 0.15) is 98.6 Å². The van der Waals surface area contributed by atoms with Crippen LogP contribution in [0.4, 0.5) is 11.4 Å². The molecule has 648 valence electrons. The highest BCUT2D eigenvalue weighted by molar-refractivity contribution is 5.90. The third kappa shape index (κ3) is 27.6. The van der Waals surface area contributed by atoms with Crippen molar-refractivity contribution in [3.05, 3.63) is 489 Å². The third-order valence-corrected chi connectivity index (χ3v) is 20.5. The Balaban J connectivity index is 0.588. The monoisotopic (exact) mass is 1720 g/mol. The van der Waals surface area contributed by atoms with Crippen molar-refractivity contribution in [2.75, 3.05) is 0 Å². The molecule has 16 rings (SSSR count). The zero-order valence-electron chi connectivity index (χ0n) is 71.4. The number of rotatable bonds is 44. The molecule has 16 aromatic rings. The lowest BCUT2D eigenvalue weighted by Gasteiger charge is -2.16. The average molecular weight is 1720 g/mol. The molecule has 0 amide bonds. The number of hydrogen-bond donors (Lipinski definition) is 0. The van der Waals surface area contributed by atoms with Crippen molar-refractivity contribution in [3.63, 3.8) is 0 Å². The first-order valence-electron chi connectivity index (χ1n) is 42.7. The van der Waals surface area contributed by atoms with E-state index in [1.807, 2.05) is 340 Å². The molecule has 16 aromatic carbocycles. The number of hydrogen-bond acceptors (Lipinski definition) is 18. The fourth-order valence-corrected chi connectivity index (χ4v) is 13.8. The summed E-state index contributed by atoms with van der Waals surface area (Å²) >= 11 is 0. The van der Waals surface area contributed by atoms with E-state index in [2.05, 4.69) is 10.2 Å². The highest BCUT2D eigenvalue weighted by Crippen LogP contribution is 2.35. The van der Waals surface area contributed by atoms with E-state index >= 15 is 0 Å². The Morgan fingerprint density at radius 3 is 0.446 bits per heavy atom. The molecule has 0 fully saturated rings. The summed E-state index contributed by atoms with van der Waals surface area (Å²) in [4.78, 5) is 28.0. The maximum atomic E-state index is 14.0. The Kier molecular flexibility index (Phi) is 30.5. The minimum Gasteiger partial charge on any atom is -0.489 e. The molecule has 0 aliphatic rings. The first kappa shape index (κ1) is 87.1. The van der Waals surface area contributed by atoms with Crippen LogP contribution in [0.3, 0.4) is 0 Å². The topological polar surface area (TPSA) is 188 Å². The Morgan fingerprint density at radius 2 is 0.292 bits per heavy atom. The van der Waals surface area contributed by atoms with Gasteiger partial charge in [0.2, 0.25) is 0 Å². The average Bonchev–Trinajstić information content (AvgIpc) is 0.824. The van der Waals surface area contributed by atoms with Crippen LogP contribution in [-0.2, 0) is 102 Å². The summed E-state index contributed by atoms with van der Waals surface area (Å²) in [6.07, 6.45) is 0. The summed E-state index contributed by atoms with van der Waals surface area (Å²) in [6.45, 7) is 3.01. The maximum Gasteiger partial charge on any atom is 0.338 e. The van der Waals surface area contributed by atoms with Crippen molar-refractivity contribution in [3.8, 4) is 69.0 Å². The molecule has 0 atom stereocenters. The summed E-state index contributed by atoms with van der Waals surface area (Å²) in [5, 5.41) is 8.92. The lowest BCUT2D eigenvalue weighted by Crippen LogP contribution is -2.06. The second kappa shape index (κ2) is 45.5. The highest BCUT2D eigenvalue weighted by Gasteiger charge is 2.18. The van der Waals surface area contributed by atoms with Gasteiger partial charge in [0.05, 0.1) is 22.5 Å². The van der Waals surface area contributed by atoms with Crippen molar-refractivity contribution in [2.24, 2.45) is 10.2 Å². The Labute approximate surface area is 755 Å². The van der Waals surface area contributed by atoms with Gasteiger partial charge < -0.3 is 66.3 Å². The van der Waals surface area contributed by atoms with Crippen LogP contribution in [0.15, 0.2) is 411 Å². The van der Waals surface area contributed by atoms with Gasteiger partial charge in [0, 0.05) is 36.4 Å². The number of ether oxygens (including phenoxy) is 14. The van der Waals surface area contributed by atoms with E-state index < -0.39 is 11.9 Å². The molecule has 0 aliphatic heterocycles. The number of carbonyl (C=O) groups excluding carboxylic acids is 2. The summed E-state index contributed by atoms with van der Waals surface area (Å²) in [5.74, 6) is 5.54. The van der Waals surface area contributed by atoms with Crippen LogP contribution >= 0.6 is 0 Å². The normalized spacial score (nSPS) is 10.9. The van der Waals surface area contributed by atoms with E-state index in [1.165, 1.54) is 0 Å². The first-order valence-corrected chi connectivity index (χ1v) is 42.7. The van der Waals surface area contributed by atoms with Gasteiger partial charge in [-0.1, -0.05) is 243 Å². The van der Waals surface area contributed by atoms with Gasteiger partial charge in [0.15, 0.2) is 0 Å². The van der Waals surface area contributed by atoms with Gasteiger partial charge in [0.1, 0.15) is 161 Å². The second-order valence-electron chi connectivity index (χ2n) is 30.7. The van der Waals surface area contributed by atoms with Gasteiger partial charge >= 0.3 is 11.9 Å². The Morgan fingerprint density at radius 1 is 0.154 bits per heavy atom. The number of azo groups is 1. The molecule has 0 heterocycles. The minimum absolute atomic E-state index is 0.119. The molecule has 0 bridgehead atoms. The van der Waals surface area contributed by atoms with Crippen LogP contribution in [0.5, 0.6) is 69.0 Å². The second-order valence-corrected chi connectivity index (χ2v) is 30.7. The first-order chi connectivity index (χ1) is 64.1. The molecule has 0 aromatic heterocycles. The number of esters is 2. The van der Waals surface area contributed by atoms with E-state index in [0.717, 1.165) is 66.8 Å². The van der Waals surface area contributed by atoms with Crippen molar-refractivity contribution < 1.29 is 75.9 Å². The predicted molar refractivity (Wildman–Crippen MR) is 497 cm³/mol. The van der Waals surface area contributed by atoms with Crippen molar-refractivity contribution in [2.45, 2.75) is 92.5 Å². The lowest BCUT2D eigenvalue weighted by atomic mass is 10.1. The molecule has 130 heavy (non-hydrogen) atoms. The van der Waals surface area contributed by atoms with Gasteiger partial charge in [-0.05, 0) is 199 Å². The smallest absolute Gasteiger partial charge is 0.338 e. The third-order valence-electron chi connectivity index (χ3n) is 20.5.